The molecule has 1 unspecified atom stereocenters. The van der Waals surface area contributed by atoms with Crippen LogP contribution in [0.25, 0.3) is 0 Å². The van der Waals surface area contributed by atoms with Crippen LogP contribution in [-0.2, 0) is 0 Å². The Labute approximate surface area is 78.7 Å². The lowest BCUT2D eigenvalue weighted by molar-refractivity contribution is 0.474. The fraction of sp³-hybridized carbons (Fsp3) is 0.273. The molecule has 0 aliphatic carbocycles. The second-order valence-corrected chi connectivity index (χ2v) is 3.17. The molecule has 0 radical (unpaired) electrons. The fourth-order valence-corrected chi connectivity index (χ4v) is 1.38. The Morgan fingerprint density at radius 1 is 1.62 bits per heavy atom. The number of phenols is 1. The lowest BCUT2D eigenvalue weighted by Crippen LogP contribution is -2.10. The number of hydrogen-bond acceptors (Lipinski definition) is 2. The third-order valence-electron chi connectivity index (χ3n) is 2.07. The Morgan fingerprint density at radius 3 is 2.85 bits per heavy atom. The van der Waals surface area contributed by atoms with E-state index < -0.39 is 0 Å². The first-order valence-corrected chi connectivity index (χ1v) is 4.31. The number of hydrogen-bond donors (Lipinski definition) is 2. The average Bonchev–Trinajstić information content (AvgIpc) is 2.04. The Hall–Kier alpha value is -1.28. The summed E-state index contributed by atoms with van der Waals surface area (Å²) in [5, 5.41) is 9.19. The molecule has 2 nitrogen and oxygen atoms in total. The van der Waals surface area contributed by atoms with Gasteiger partial charge in [-0.3, -0.25) is 0 Å². The van der Waals surface area contributed by atoms with Gasteiger partial charge in [-0.25, -0.2) is 0 Å². The molecule has 2 heteroatoms. The number of aromatic hydroxyl groups is 1. The summed E-state index contributed by atoms with van der Waals surface area (Å²) in [7, 11) is 0. The van der Waals surface area contributed by atoms with E-state index in [2.05, 4.69) is 6.58 Å². The molecule has 1 aromatic rings. The Morgan fingerprint density at radius 2 is 2.31 bits per heavy atom. The summed E-state index contributed by atoms with van der Waals surface area (Å²) in [6.07, 6.45) is 2.56. The molecule has 0 saturated heterocycles. The van der Waals surface area contributed by atoms with Gasteiger partial charge in [0.05, 0.1) is 0 Å². The van der Waals surface area contributed by atoms with Crippen molar-refractivity contribution >= 4 is 0 Å². The molecule has 0 aliphatic heterocycles. The first-order valence-electron chi connectivity index (χ1n) is 4.31. The minimum atomic E-state index is -0.0156. The average molecular weight is 177 g/mol. The molecular weight excluding hydrogens is 162 g/mol. The summed E-state index contributed by atoms with van der Waals surface area (Å²) in [6.45, 7) is 5.59. The summed E-state index contributed by atoms with van der Waals surface area (Å²) in [6, 6.07) is 5.22. The van der Waals surface area contributed by atoms with Crippen molar-refractivity contribution in [1.82, 2.24) is 0 Å². The van der Waals surface area contributed by atoms with Crippen LogP contribution >= 0.6 is 0 Å². The summed E-state index contributed by atoms with van der Waals surface area (Å²) < 4.78 is 0. The molecule has 1 atom stereocenters. The van der Waals surface area contributed by atoms with E-state index in [9.17, 15) is 5.11 Å². The van der Waals surface area contributed by atoms with Gasteiger partial charge in [0.25, 0.3) is 0 Å². The summed E-state index contributed by atoms with van der Waals surface area (Å²) in [4.78, 5) is 0. The first-order chi connectivity index (χ1) is 6.15. The van der Waals surface area contributed by atoms with Crippen molar-refractivity contribution in [2.45, 2.75) is 19.4 Å². The van der Waals surface area contributed by atoms with Crippen LogP contribution in [0.5, 0.6) is 5.75 Å². The normalized spacial score (nSPS) is 12.5. The highest BCUT2D eigenvalue weighted by atomic mass is 16.3. The molecule has 1 aromatic carbocycles. The van der Waals surface area contributed by atoms with Gasteiger partial charge in [-0.2, -0.15) is 0 Å². The molecule has 0 heterocycles. The van der Waals surface area contributed by atoms with Crippen molar-refractivity contribution in [2.24, 2.45) is 5.73 Å². The Kier molecular flexibility index (Phi) is 3.09. The lowest BCUT2D eigenvalue weighted by Gasteiger charge is -2.12. The van der Waals surface area contributed by atoms with Crippen LogP contribution in [-0.4, -0.2) is 5.11 Å². The van der Waals surface area contributed by atoms with Gasteiger partial charge in [-0.15, -0.1) is 6.58 Å². The maximum absolute atomic E-state index is 9.19. The van der Waals surface area contributed by atoms with Crippen molar-refractivity contribution in [3.05, 3.63) is 42.0 Å². The highest BCUT2D eigenvalue weighted by Crippen LogP contribution is 2.22. The van der Waals surface area contributed by atoms with E-state index >= 15 is 0 Å². The second kappa shape index (κ2) is 4.10. The van der Waals surface area contributed by atoms with Crippen LogP contribution in [0.15, 0.2) is 30.9 Å². The molecular formula is C11H15NO. The lowest BCUT2D eigenvalue weighted by atomic mass is 9.99. The van der Waals surface area contributed by atoms with Crippen molar-refractivity contribution in [2.75, 3.05) is 0 Å². The predicted molar refractivity (Wildman–Crippen MR) is 54.6 cm³/mol. The smallest absolute Gasteiger partial charge is 0.115 e. The maximum Gasteiger partial charge on any atom is 0.115 e. The molecule has 0 saturated carbocycles. The second-order valence-electron chi connectivity index (χ2n) is 3.17. The van der Waals surface area contributed by atoms with Gasteiger partial charge in [0.2, 0.25) is 0 Å². The van der Waals surface area contributed by atoms with Crippen molar-refractivity contribution < 1.29 is 5.11 Å². The van der Waals surface area contributed by atoms with E-state index in [1.54, 1.807) is 18.2 Å². The molecule has 3 N–H and O–H groups in total. The molecule has 0 aromatic heterocycles. The van der Waals surface area contributed by atoms with E-state index in [-0.39, 0.29) is 11.8 Å². The zero-order valence-corrected chi connectivity index (χ0v) is 7.83. The van der Waals surface area contributed by atoms with Crippen molar-refractivity contribution in [3.63, 3.8) is 0 Å². The van der Waals surface area contributed by atoms with Gasteiger partial charge in [0.15, 0.2) is 0 Å². The first kappa shape index (κ1) is 9.81. The van der Waals surface area contributed by atoms with Crippen LogP contribution in [0.2, 0.25) is 0 Å². The van der Waals surface area contributed by atoms with Gasteiger partial charge in [-0.1, -0.05) is 12.1 Å². The molecule has 0 spiro atoms. The molecule has 0 aliphatic rings. The minimum absolute atomic E-state index is 0.0156. The van der Waals surface area contributed by atoms with Gasteiger partial charge < -0.3 is 10.8 Å². The van der Waals surface area contributed by atoms with E-state index in [1.807, 2.05) is 13.0 Å². The van der Waals surface area contributed by atoms with Gasteiger partial charge >= 0.3 is 0 Å². The van der Waals surface area contributed by atoms with Crippen LogP contribution in [0, 0.1) is 6.92 Å². The summed E-state index contributed by atoms with van der Waals surface area (Å²) in [5.41, 5.74) is 7.99. The maximum atomic E-state index is 9.19. The van der Waals surface area contributed by atoms with Crippen LogP contribution < -0.4 is 5.73 Å². The minimum Gasteiger partial charge on any atom is -0.508 e. The number of nitrogens with two attached hydrogens (primary N) is 1. The zero-order valence-electron chi connectivity index (χ0n) is 7.83. The van der Waals surface area contributed by atoms with Gasteiger partial charge in [-0.05, 0) is 36.6 Å². The van der Waals surface area contributed by atoms with Crippen LogP contribution in [0.3, 0.4) is 0 Å². The third kappa shape index (κ3) is 2.33. The molecule has 0 fully saturated rings. The molecule has 0 amide bonds. The van der Waals surface area contributed by atoms with E-state index in [4.69, 9.17) is 5.73 Å². The number of benzene rings is 1. The number of phenolic OH excluding ortho intramolecular Hbond substituents is 1. The summed E-state index contributed by atoms with van der Waals surface area (Å²) >= 11 is 0. The molecule has 13 heavy (non-hydrogen) atoms. The zero-order chi connectivity index (χ0) is 9.84. The molecule has 1 rings (SSSR count). The largest absolute Gasteiger partial charge is 0.508 e. The van der Waals surface area contributed by atoms with Crippen molar-refractivity contribution in [1.29, 1.82) is 0 Å². The van der Waals surface area contributed by atoms with Gasteiger partial charge in [0, 0.05) is 6.04 Å². The van der Waals surface area contributed by atoms with Crippen LogP contribution in [0.1, 0.15) is 23.6 Å². The van der Waals surface area contributed by atoms with Gasteiger partial charge in [0.1, 0.15) is 5.75 Å². The predicted octanol–water partition coefficient (Wildman–Crippen LogP) is 2.28. The Bertz CT molecular complexity index is 307. The van der Waals surface area contributed by atoms with E-state index in [1.165, 1.54) is 0 Å². The molecule has 70 valence electrons. The number of rotatable bonds is 3. The van der Waals surface area contributed by atoms with Crippen LogP contribution in [0.4, 0.5) is 0 Å². The standard InChI is InChI=1S/C11H15NO/c1-3-4-11(12)10-6-5-9(13)7-8(10)2/h3,5-7,11,13H,1,4,12H2,2H3. The molecule has 0 bridgehead atoms. The highest BCUT2D eigenvalue weighted by Gasteiger charge is 2.06. The van der Waals surface area contributed by atoms with Crippen molar-refractivity contribution in [3.8, 4) is 5.75 Å². The SMILES string of the molecule is C=CCC(N)c1ccc(O)cc1C. The topological polar surface area (TPSA) is 46.2 Å². The Balaban J connectivity index is 2.94. The highest BCUT2D eigenvalue weighted by molar-refractivity contribution is 5.35. The number of aryl methyl sites for hydroxylation is 1. The summed E-state index contributed by atoms with van der Waals surface area (Å²) in [5.74, 6) is 0.284. The van der Waals surface area contributed by atoms with E-state index in [0.717, 1.165) is 17.5 Å². The quantitative estimate of drug-likeness (QED) is 0.696. The fourth-order valence-electron chi connectivity index (χ4n) is 1.38. The monoisotopic (exact) mass is 177 g/mol. The van der Waals surface area contributed by atoms with E-state index in [0.29, 0.717) is 0 Å². The third-order valence-corrected chi connectivity index (χ3v) is 2.07.